The lowest BCUT2D eigenvalue weighted by Gasteiger charge is -2.44. The van der Waals surface area contributed by atoms with Crippen molar-refractivity contribution in [2.75, 3.05) is 26.2 Å². The number of carbonyl (C=O) groups is 1. The number of fused-ring (bicyclic) bond motifs is 1. The minimum atomic E-state index is 0.0518. The number of amides is 1. The molecule has 0 unspecified atom stereocenters. The van der Waals surface area contributed by atoms with Gasteiger partial charge in [0.2, 0.25) is 0 Å². The predicted octanol–water partition coefficient (Wildman–Crippen LogP) is 2.70. The molecule has 0 spiro atoms. The molecule has 28 heavy (non-hydrogen) atoms. The highest BCUT2D eigenvalue weighted by molar-refractivity contribution is 5.97. The van der Waals surface area contributed by atoms with Crippen LogP contribution in [0.4, 0.5) is 0 Å². The van der Waals surface area contributed by atoms with Crippen LogP contribution in [0.2, 0.25) is 0 Å². The van der Waals surface area contributed by atoms with Crippen LogP contribution in [0.15, 0.2) is 18.2 Å². The van der Waals surface area contributed by atoms with E-state index in [1.165, 1.54) is 25.7 Å². The third-order valence-corrected chi connectivity index (χ3v) is 6.39. The van der Waals surface area contributed by atoms with Gasteiger partial charge < -0.3 is 10.0 Å². The molecule has 4 rings (SSSR count). The quantitative estimate of drug-likeness (QED) is 0.880. The van der Waals surface area contributed by atoms with Crippen LogP contribution in [0.25, 0.3) is 11.0 Å². The Morgan fingerprint density at radius 2 is 1.82 bits per heavy atom. The van der Waals surface area contributed by atoms with Gasteiger partial charge in [0.1, 0.15) is 0 Å². The van der Waals surface area contributed by atoms with Gasteiger partial charge in [0.05, 0.1) is 22.4 Å². The van der Waals surface area contributed by atoms with Crippen LogP contribution in [-0.2, 0) is 0 Å². The van der Waals surface area contributed by atoms with Crippen LogP contribution >= 0.6 is 0 Å². The van der Waals surface area contributed by atoms with E-state index in [0.29, 0.717) is 18.2 Å². The van der Waals surface area contributed by atoms with Crippen molar-refractivity contribution < 1.29 is 9.90 Å². The monoisotopic (exact) mass is 382 g/mol. The van der Waals surface area contributed by atoms with Gasteiger partial charge >= 0.3 is 0 Å². The van der Waals surface area contributed by atoms with E-state index in [0.717, 1.165) is 41.9 Å². The first-order valence-corrected chi connectivity index (χ1v) is 10.5. The van der Waals surface area contributed by atoms with Crippen LogP contribution in [0.5, 0.6) is 0 Å². The lowest BCUT2D eigenvalue weighted by atomic mass is 10.0. The first kappa shape index (κ1) is 19.3. The van der Waals surface area contributed by atoms with E-state index in [-0.39, 0.29) is 18.6 Å². The summed E-state index contributed by atoms with van der Waals surface area (Å²) in [4.78, 5) is 26.8. The highest BCUT2D eigenvalue weighted by atomic mass is 16.3. The second kappa shape index (κ2) is 8.13. The third-order valence-electron chi connectivity index (χ3n) is 6.39. The molecule has 0 bridgehead atoms. The number of benzene rings is 1. The molecule has 0 radical (unpaired) electrons. The molecule has 1 saturated heterocycles. The summed E-state index contributed by atoms with van der Waals surface area (Å²) in [5, 5.41) is 9.54. The standard InChI is InChI=1S/C22H30N4O2/c1-15-16(2)24-21-13-17(7-8-20(21)23-15)22(28)25-10-11-26(18-5-3-4-6-18)19(14-25)9-12-27/h7-8,13,18-19,27H,3-6,9-12,14H2,1-2H3/t19-/m0/s1. The minimum Gasteiger partial charge on any atom is -0.396 e. The molecule has 2 heterocycles. The maximum Gasteiger partial charge on any atom is 0.254 e. The Kier molecular flexibility index (Phi) is 5.60. The van der Waals surface area contributed by atoms with E-state index in [9.17, 15) is 9.90 Å². The first-order valence-electron chi connectivity index (χ1n) is 10.5. The summed E-state index contributed by atoms with van der Waals surface area (Å²) >= 11 is 0. The Morgan fingerprint density at radius 3 is 2.54 bits per heavy atom. The van der Waals surface area contributed by atoms with Gasteiger partial charge in [0.15, 0.2) is 0 Å². The smallest absolute Gasteiger partial charge is 0.254 e. The van der Waals surface area contributed by atoms with Crippen molar-refractivity contribution in [3.05, 3.63) is 35.2 Å². The lowest BCUT2D eigenvalue weighted by Crippen LogP contribution is -2.57. The number of carbonyl (C=O) groups excluding carboxylic acids is 1. The first-order chi connectivity index (χ1) is 13.6. The zero-order valence-corrected chi connectivity index (χ0v) is 16.9. The SMILES string of the molecule is Cc1nc2ccc(C(=O)N3CCN(C4CCCC4)[C@@H](CCO)C3)cc2nc1C. The van der Waals surface area contributed by atoms with Gasteiger partial charge in [0, 0.05) is 43.9 Å². The molecule has 6 heteroatoms. The molecule has 1 aromatic carbocycles. The van der Waals surface area contributed by atoms with E-state index in [4.69, 9.17) is 0 Å². The number of aromatic nitrogens is 2. The molecular weight excluding hydrogens is 352 g/mol. The molecule has 1 saturated carbocycles. The average molecular weight is 383 g/mol. The summed E-state index contributed by atoms with van der Waals surface area (Å²) in [7, 11) is 0. The van der Waals surface area contributed by atoms with E-state index < -0.39 is 0 Å². The predicted molar refractivity (Wildman–Crippen MR) is 109 cm³/mol. The maximum atomic E-state index is 13.2. The highest BCUT2D eigenvalue weighted by Crippen LogP contribution is 2.28. The lowest BCUT2D eigenvalue weighted by molar-refractivity contribution is 0.0255. The zero-order valence-electron chi connectivity index (χ0n) is 16.9. The minimum absolute atomic E-state index is 0.0518. The van der Waals surface area contributed by atoms with Crippen LogP contribution < -0.4 is 0 Å². The normalized spacial score (nSPS) is 21.5. The van der Waals surface area contributed by atoms with Crippen LogP contribution in [-0.4, -0.2) is 69.1 Å². The zero-order chi connectivity index (χ0) is 19.7. The van der Waals surface area contributed by atoms with Crippen LogP contribution in [0.3, 0.4) is 0 Å². The number of aryl methyl sites for hydroxylation is 2. The maximum absolute atomic E-state index is 13.2. The Labute approximate surface area is 166 Å². The van der Waals surface area contributed by atoms with Gasteiger partial charge in [0.25, 0.3) is 5.91 Å². The number of nitrogens with zero attached hydrogens (tertiary/aromatic N) is 4. The molecule has 150 valence electrons. The topological polar surface area (TPSA) is 69.6 Å². The second-order valence-electron chi connectivity index (χ2n) is 8.19. The van der Waals surface area contributed by atoms with Crippen molar-refractivity contribution in [3.8, 4) is 0 Å². The van der Waals surface area contributed by atoms with Crippen LogP contribution in [0, 0.1) is 13.8 Å². The molecule has 1 aliphatic heterocycles. The van der Waals surface area contributed by atoms with Gasteiger partial charge in [-0.15, -0.1) is 0 Å². The summed E-state index contributed by atoms with van der Waals surface area (Å²) in [5.41, 5.74) is 4.07. The third kappa shape index (κ3) is 3.76. The number of aliphatic hydroxyl groups excluding tert-OH is 1. The van der Waals surface area contributed by atoms with Crippen molar-refractivity contribution in [1.82, 2.24) is 19.8 Å². The summed E-state index contributed by atoms with van der Waals surface area (Å²) in [5.74, 6) is 0.0518. The number of hydrogen-bond acceptors (Lipinski definition) is 5. The summed E-state index contributed by atoms with van der Waals surface area (Å²) in [6, 6.07) is 6.48. The van der Waals surface area contributed by atoms with E-state index >= 15 is 0 Å². The van der Waals surface area contributed by atoms with Gasteiger partial charge in [-0.2, -0.15) is 0 Å². The van der Waals surface area contributed by atoms with Crippen LogP contribution in [0.1, 0.15) is 53.8 Å². The molecule has 1 aromatic heterocycles. The Morgan fingerprint density at radius 1 is 1.11 bits per heavy atom. The highest BCUT2D eigenvalue weighted by Gasteiger charge is 2.34. The number of rotatable bonds is 4. The van der Waals surface area contributed by atoms with Crippen molar-refractivity contribution in [2.45, 2.75) is 58.0 Å². The molecule has 2 aliphatic rings. The van der Waals surface area contributed by atoms with Crippen molar-refractivity contribution in [2.24, 2.45) is 0 Å². The summed E-state index contributed by atoms with van der Waals surface area (Å²) < 4.78 is 0. The Bertz CT molecular complexity index is 863. The summed E-state index contributed by atoms with van der Waals surface area (Å²) in [6.45, 7) is 6.39. The Balaban J connectivity index is 1.53. The van der Waals surface area contributed by atoms with Gasteiger partial charge in [-0.1, -0.05) is 12.8 Å². The molecule has 1 N–H and O–H groups in total. The number of hydrogen-bond donors (Lipinski definition) is 1. The Hall–Kier alpha value is -2.05. The fourth-order valence-corrected chi connectivity index (χ4v) is 4.72. The van der Waals surface area contributed by atoms with Crippen molar-refractivity contribution in [3.63, 3.8) is 0 Å². The fraction of sp³-hybridized carbons (Fsp3) is 0.591. The molecule has 6 nitrogen and oxygen atoms in total. The molecule has 1 amide bonds. The van der Waals surface area contributed by atoms with Gasteiger partial charge in [-0.05, 0) is 51.3 Å². The largest absolute Gasteiger partial charge is 0.396 e. The number of piperazine rings is 1. The molecule has 1 atom stereocenters. The average Bonchev–Trinajstić information content (AvgIpc) is 3.23. The van der Waals surface area contributed by atoms with Crippen molar-refractivity contribution in [1.29, 1.82) is 0 Å². The molecular formula is C22H30N4O2. The molecule has 2 aromatic rings. The van der Waals surface area contributed by atoms with E-state index in [1.807, 2.05) is 36.9 Å². The van der Waals surface area contributed by atoms with E-state index in [1.54, 1.807) is 0 Å². The molecule has 2 fully saturated rings. The van der Waals surface area contributed by atoms with E-state index in [2.05, 4.69) is 14.9 Å². The second-order valence-corrected chi connectivity index (χ2v) is 8.19. The van der Waals surface area contributed by atoms with Crippen molar-refractivity contribution >= 4 is 16.9 Å². The van der Waals surface area contributed by atoms with Gasteiger partial charge in [-0.25, -0.2) is 9.97 Å². The summed E-state index contributed by atoms with van der Waals surface area (Å²) in [6.07, 6.45) is 5.82. The number of aliphatic hydroxyl groups is 1. The van der Waals surface area contributed by atoms with Gasteiger partial charge in [-0.3, -0.25) is 9.69 Å². The molecule has 1 aliphatic carbocycles. The fourth-order valence-electron chi connectivity index (χ4n) is 4.72.